The molecule has 1 aromatic heterocycles. The van der Waals surface area contributed by atoms with Crippen LogP contribution in [0.5, 0.6) is 0 Å². The lowest BCUT2D eigenvalue weighted by Gasteiger charge is -2.36. The van der Waals surface area contributed by atoms with Crippen LogP contribution in [0.1, 0.15) is 29.2 Å². The van der Waals surface area contributed by atoms with E-state index in [0.29, 0.717) is 43.5 Å². The molecule has 3 aromatic rings. The van der Waals surface area contributed by atoms with Gasteiger partial charge in [0.2, 0.25) is 17.6 Å². The zero-order valence-corrected chi connectivity index (χ0v) is 17.4. The van der Waals surface area contributed by atoms with Crippen LogP contribution in [0, 0.1) is 0 Å². The molecule has 1 N–H and O–H groups in total. The van der Waals surface area contributed by atoms with E-state index in [1.165, 1.54) is 0 Å². The van der Waals surface area contributed by atoms with Crippen LogP contribution in [-0.4, -0.2) is 64.5 Å². The van der Waals surface area contributed by atoms with Gasteiger partial charge in [0, 0.05) is 37.3 Å². The van der Waals surface area contributed by atoms with E-state index in [2.05, 4.69) is 20.4 Å². The molecule has 4 rings (SSSR count). The maximum atomic E-state index is 12.5. The van der Waals surface area contributed by atoms with Crippen LogP contribution in [0.25, 0.3) is 11.4 Å². The predicted molar refractivity (Wildman–Crippen MR) is 115 cm³/mol. The number of benzene rings is 2. The van der Waals surface area contributed by atoms with Crippen molar-refractivity contribution in [3.05, 3.63) is 72.1 Å². The van der Waals surface area contributed by atoms with E-state index in [1.54, 1.807) is 29.2 Å². The van der Waals surface area contributed by atoms with Crippen molar-refractivity contribution in [2.45, 2.75) is 13.0 Å². The number of piperazine rings is 1. The van der Waals surface area contributed by atoms with Gasteiger partial charge in [0.05, 0.1) is 12.6 Å². The van der Waals surface area contributed by atoms with Crippen LogP contribution < -0.4 is 5.32 Å². The van der Waals surface area contributed by atoms with Crippen molar-refractivity contribution < 1.29 is 14.1 Å². The maximum Gasteiger partial charge on any atom is 0.251 e. The van der Waals surface area contributed by atoms with Gasteiger partial charge >= 0.3 is 0 Å². The minimum Gasteiger partial charge on any atom is -0.343 e. The molecule has 1 aliphatic heterocycles. The number of aromatic nitrogens is 2. The van der Waals surface area contributed by atoms with Gasteiger partial charge in [-0.15, -0.1) is 0 Å². The van der Waals surface area contributed by atoms with Crippen LogP contribution in [0.4, 0.5) is 0 Å². The maximum absolute atomic E-state index is 12.5. The molecule has 1 aliphatic rings. The molecule has 1 atom stereocenters. The Bertz CT molecular complexity index is 1010. The van der Waals surface area contributed by atoms with Crippen molar-refractivity contribution in [1.82, 2.24) is 25.3 Å². The van der Waals surface area contributed by atoms with E-state index in [4.69, 9.17) is 4.52 Å². The van der Waals surface area contributed by atoms with Crippen molar-refractivity contribution in [2.24, 2.45) is 0 Å². The van der Waals surface area contributed by atoms with Gasteiger partial charge in [-0.25, -0.2) is 0 Å². The zero-order chi connectivity index (χ0) is 21.6. The summed E-state index contributed by atoms with van der Waals surface area (Å²) in [5.74, 6) is 0.812. The van der Waals surface area contributed by atoms with Gasteiger partial charge in [-0.1, -0.05) is 53.7 Å². The second-order valence-corrected chi connectivity index (χ2v) is 7.46. The third-order valence-electron chi connectivity index (χ3n) is 5.48. The topological polar surface area (TPSA) is 91.6 Å². The highest BCUT2D eigenvalue weighted by atomic mass is 16.5. The molecule has 0 radical (unpaired) electrons. The molecule has 2 amide bonds. The first kappa shape index (κ1) is 20.7. The lowest BCUT2D eigenvalue weighted by molar-refractivity contribution is -0.132. The molecule has 31 heavy (non-hydrogen) atoms. The van der Waals surface area contributed by atoms with Crippen LogP contribution in [0.2, 0.25) is 0 Å². The Morgan fingerprint density at radius 3 is 2.32 bits per heavy atom. The van der Waals surface area contributed by atoms with Gasteiger partial charge in [0.1, 0.15) is 0 Å². The predicted octanol–water partition coefficient (Wildman–Crippen LogP) is 2.37. The van der Waals surface area contributed by atoms with E-state index in [0.717, 1.165) is 5.56 Å². The molecular weight excluding hydrogens is 394 g/mol. The van der Waals surface area contributed by atoms with Gasteiger partial charge in [-0.3, -0.25) is 14.5 Å². The minimum atomic E-state index is -0.244. The van der Waals surface area contributed by atoms with E-state index in [-0.39, 0.29) is 24.4 Å². The number of rotatable bonds is 6. The Hall–Kier alpha value is -3.52. The minimum absolute atomic E-state index is 0.00657. The van der Waals surface area contributed by atoms with Gasteiger partial charge in [0.15, 0.2) is 0 Å². The molecule has 1 fully saturated rings. The quantitative estimate of drug-likeness (QED) is 0.660. The fourth-order valence-electron chi connectivity index (χ4n) is 3.58. The first-order chi connectivity index (χ1) is 15.1. The number of nitrogens with one attached hydrogen (secondary N) is 1. The van der Waals surface area contributed by atoms with Gasteiger partial charge in [-0.2, -0.15) is 4.98 Å². The summed E-state index contributed by atoms with van der Waals surface area (Å²) < 4.78 is 5.48. The Morgan fingerprint density at radius 1 is 1.00 bits per heavy atom. The number of amides is 2. The molecule has 8 heteroatoms. The van der Waals surface area contributed by atoms with E-state index < -0.39 is 0 Å². The molecular formula is C23H25N5O3. The zero-order valence-electron chi connectivity index (χ0n) is 17.4. The van der Waals surface area contributed by atoms with Crippen LogP contribution in [-0.2, 0) is 4.79 Å². The number of carbonyl (C=O) groups is 2. The molecule has 1 unspecified atom stereocenters. The van der Waals surface area contributed by atoms with Crippen LogP contribution >= 0.6 is 0 Å². The van der Waals surface area contributed by atoms with E-state index in [1.807, 2.05) is 43.3 Å². The van der Waals surface area contributed by atoms with Crippen LogP contribution in [0.3, 0.4) is 0 Å². The number of hydrogen-bond acceptors (Lipinski definition) is 6. The Kier molecular flexibility index (Phi) is 6.37. The van der Waals surface area contributed by atoms with Crippen molar-refractivity contribution in [2.75, 3.05) is 32.7 Å². The Labute approximate surface area is 180 Å². The smallest absolute Gasteiger partial charge is 0.251 e. The lowest BCUT2D eigenvalue weighted by Crippen LogP contribution is -2.51. The Balaban J connectivity index is 1.27. The van der Waals surface area contributed by atoms with E-state index >= 15 is 0 Å². The van der Waals surface area contributed by atoms with E-state index in [9.17, 15) is 9.59 Å². The first-order valence-electron chi connectivity index (χ1n) is 10.4. The highest BCUT2D eigenvalue weighted by Gasteiger charge is 2.27. The van der Waals surface area contributed by atoms with Crippen LogP contribution in [0.15, 0.2) is 65.2 Å². The SMILES string of the molecule is CC(c1nc(-c2ccccc2)no1)N1CCN(C(=O)CNC(=O)c2ccccc2)CC1. The fourth-order valence-corrected chi connectivity index (χ4v) is 3.58. The third-order valence-corrected chi connectivity index (χ3v) is 5.48. The number of nitrogens with zero attached hydrogens (tertiary/aromatic N) is 4. The average Bonchev–Trinajstić information content (AvgIpc) is 3.33. The second kappa shape index (κ2) is 9.53. The Morgan fingerprint density at radius 2 is 1.65 bits per heavy atom. The van der Waals surface area contributed by atoms with Gasteiger partial charge < -0.3 is 14.7 Å². The molecule has 0 saturated carbocycles. The summed E-state index contributed by atoms with van der Waals surface area (Å²) >= 11 is 0. The fraction of sp³-hybridized carbons (Fsp3) is 0.304. The highest BCUT2D eigenvalue weighted by Crippen LogP contribution is 2.23. The van der Waals surface area contributed by atoms with Crippen molar-refractivity contribution in [1.29, 1.82) is 0 Å². The standard InChI is InChI=1S/C23H25N5O3/c1-17(23-25-21(26-31-23)18-8-4-2-5-9-18)27-12-14-28(15-13-27)20(29)16-24-22(30)19-10-6-3-7-11-19/h2-11,17H,12-16H2,1H3,(H,24,30). The molecule has 8 nitrogen and oxygen atoms in total. The normalized spacial score (nSPS) is 15.5. The molecule has 2 heterocycles. The summed E-state index contributed by atoms with van der Waals surface area (Å²) in [5, 5.41) is 6.79. The largest absolute Gasteiger partial charge is 0.343 e. The summed E-state index contributed by atoms with van der Waals surface area (Å²) in [5.41, 5.74) is 1.46. The van der Waals surface area contributed by atoms with Crippen molar-refractivity contribution >= 4 is 11.8 Å². The summed E-state index contributed by atoms with van der Waals surface area (Å²) in [4.78, 5) is 33.1. The van der Waals surface area contributed by atoms with Crippen molar-refractivity contribution in [3.63, 3.8) is 0 Å². The molecule has 0 aliphatic carbocycles. The highest BCUT2D eigenvalue weighted by molar-refractivity contribution is 5.96. The molecule has 0 bridgehead atoms. The second-order valence-electron chi connectivity index (χ2n) is 7.46. The molecule has 2 aromatic carbocycles. The molecule has 0 spiro atoms. The number of carbonyl (C=O) groups excluding carboxylic acids is 2. The lowest BCUT2D eigenvalue weighted by atomic mass is 10.2. The molecule has 160 valence electrons. The van der Waals surface area contributed by atoms with Gasteiger partial charge in [-0.05, 0) is 19.1 Å². The first-order valence-corrected chi connectivity index (χ1v) is 10.4. The summed E-state index contributed by atoms with van der Waals surface area (Å²) in [6, 6.07) is 18.6. The monoisotopic (exact) mass is 419 g/mol. The summed E-state index contributed by atoms with van der Waals surface area (Å²) in [7, 11) is 0. The van der Waals surface area contributed by atoms with Gasteiger partial charge in [0.25, 0.3) is 5.91 Å². The summed E-state index contributed by atoms with van der Waals surface area (Å²) in [6.45, 7) is 4.59. The molecule has 1 saturated heterocycles. The van der Waals surface area contributed by atoms with Crippen molar-refractivity contribution in [3.8, 4) is 11.4 Å². The number of hydrogen-bond donors (Lipinski definition) is 1. The average molecular weight is 419 g/mol. The summed E-state index contributed by atoms with van der Waals surface area (Å²) in [6.07, 6.45) is 0. The third kappa shape index (κ3) is 4.97.